The molecular formula is C63H138N11O5S-. The zero-order valence-corrected chi connectivity index (χ0v) is 56.6. The molecule has 7 fully saturated rings. The number of unbranched alkanes of at least 4 members (excludes halogenated alkanes) is 1. The number of nitrogens with zero attached hydrogens (tertiary/aromatic N) is 9. The molecule has 7 aliphatic heterocycles. The Morgan fingerprint density at radius 3 is 1.18 bits per heavy atom. The van der Waals surface area contributed by atoms with Crippen molar-refractivity contribution in [2.75, 3.05) is 207 Å². The van der Waals surface area contributed by atoms with Gasteiger partial charge in [0.2, 0.25) is 0 Å². The van der Waals surface area contributed by atoms with Gasteiger partial charge in [-0.15, -0.1) is 78.9 Å². The van der Waals surface area contributed by atoms with E-state index in [2.05, 4.69) is 216 Å². The molecule has 7 heterocycles. The maximum absolute atomic E-state index is 10.6. The van der Waals surface area contributed by atoms with Gasteiger partial charge in [0.15, 0.2) is 0 Å². The average Bonchev–Trinajstić information content (AvgIpc) is 4.19. The molecule has 16 nitrogen and oxygen atoms in total. The molecule has 0 bridgehead atoms. The fraction of sp³-hybridized carbons (Fsp3) is 0.794. The number of urea groups is 1. The van der Waals surface area contributed by atoms with E-state index in [1.54, 1.807) is 4.90 Å². The second kappa shape index (κ2) is 74.4. The van der Waals surface area contributed by atoms with Gasteiger partial charge < -0.3 is 64.3 Å². The number of nitrogens with one attached hydrogen (secondary N) is 1. The zero-order chi connectivity index (χ0) is 63.7. The minimum atomic E-state index is -1.98. The van der Waals surface area contributed by atoms with E-state index in [0.717, 1.165) is 103 Å². The third kappa shape index (κ3) is 73.4. The van der Waals surface area contributed by atoms with Gasteiger partial charge in [0, 0.05) is 103 Å². The number of likely N-dealkylation sites (N-methyl/N-ethyl adjacent to an activating group) is 4. The molecule has 3 unspecified atom stereocenters. The van der Waals surface area contributed by atoms with Crippen molar-refractivity contribution < 1.29 is 23.0 Å². The molecule has 0 radical (unpaired) electrons. The zero-order valence-electron chi connectivity index (χ0n) is 55.8. The Balaban J connectivity index is -0.000000119. The fourth-order valence-corrected chi connectivity index (χ4v) is 7.55. The quantitative estimate of drug-likeness (QED) is 0.193. The highest BCUT2D eigenvalue weighted by Crippen LogP contribution is 2.16. The first-order valence-corrected chi connectivity index (χ1v) is 30.8. The standard InChI is InChI=1S/C7H16N2.C7H15N.C6H13N3O.C6H13NO2S.C6H15N.C5H11NO.C5H11N.C5H10O.C4H11N.6C2H4/c1-3-9-6-4-8(2)5-7-9;1-7-3-5-8(2)6-4-7;1-8-2-4-9(5-3-8)6(7)10;1-6-2-4-7(5-3-6)10(8)9;1-4-5-6-7(2)3;1-6-2-4-7-5-3-6;2*1-5-2-3-6-4-5;1-4-5(2)3;6*1-2/h3-7H2,1-2H3;7H,3-6H2,1-2H3;2-5H2,1H3,(H2,7,10);6H,2-5H2,1H3,(H,8,9);4-6H2,1-3H3;2-5H2,1H3;5-6H,2-4H2,1H3;5H,2-4H2,1H3;4H2,1-3H3;6*1-2H2/p-1. The van der Waals surface area contributed by atoms with Gasteiger partial charge in [0.05, 0.1) is 13.2 Å². The maximum atomic E-state index is 10.6. The molecule has 482 valence electrons. The predicted octanol–water partition coefficient (Wildman–Crippen LogP) is 9.76. The van der Waals surface area contributed by atoms with Crippen molar-refractivity contribution >= 4 is 17.3 Å². The molecule has 7 aliphatic rings. The highest BCUT2D eigenvalue weighted by atomic mass is 32.2. The van der Waals surface area contributed by atoms with Crippen LogP contribution in [0.15, 0.2) is 78.9 Å². The summed E-state index contributed by atoms with van der Waals surface area (Å²) in [6.07, 6.45) is 10.1. The third-order valence-electron chi connectivity index (χ3n) is 13.1. The lowest BCUT2D eigenvalue weighted by Gasteiger charge is -2.31. The van der Waals surface area contributed by atoms with Gasteiger partial charge in [-0.3, -0.25) is 4.21 Å². The summed E-state index contributed by atoms with van der Waals surface area (Å²) < 4.78 is 32.4. The van der Waals surface area contributed by atoms with Crippen LogP contribution in [-0.4, -0.2) is 265 Å². The molecule has 80 heavy (non-hydrogen) atoms. The highest BCUT2D eigenvalue weighted by molar-refractivity contribution is 7.76. The molecule has 2 amide bonds. The Hall–Kier alpha value is -2.62. The second-order valence-electron chi connectivity index (χ2n) is 20.7. The average molecular weight is 1160 g/mol. The van der Waals surface area contributed by atoms with Crippen molar-refractivity contribution in [1.29, 1.82) is 0 Å². The summed E-state index contributed by atoms with van der Waals surface area (Å²) in [6, 6.07) is -0.298. The van der Waals surface area contributed by atoms with Gasteiger partial charge in [-0.2, -0.15) is 0 Å². The lowest BCUT2D eigenvalue weighted by molar-refractivity contribution is 0.0503. The normalized spacial score (nSPS) is 20.6. The summed E-state index contributed by atoms with van der Waals surface area (Å²) >= 11 is -1.98. The number of piperazine rings is 2. The maximum Gasteiger partial charge on any atom is 0.314 e. The molecule has 0 aromatic heterocycles. The van der Waals surface area contributed by atoms with E-state index in [-0.39, 0.29) is 6.03 Å². The molecule has 7 rings (SSSR count). The number of piperidine rings is 2. The summed E-state index contributed by atoms with van der Waals surface area (Å²) in [6.45, 7) is 76.0. The van der Waals surface area contributed by atoms with Gasteiger partial charge in [-0.25, -0.2) is 9.10 Å². The number of likely N-dealkylation sites (tertiary alicyclic amines) is 1. The van der Waals surface area contributed by atoms with Crippen molar-refractivity contribution in [3.63, 3.8) is 0 Å². The van der Waals surface area contributed by atoms with E-state index < -0.39 is 11.3 Å². The number of ether oxygens (including phenoxy) is 2. The van der Waals surface area contributed by atoms with Crippen molar-refractivity contribution in [1.82, 2.24) is 48.8 Å². The molecule has 0 aliphatic carbocycles. The van der Waals surface area contributed by atoms with Gasteiger partial charge in [-0.1, -0.05) is 54.9 Å². The number of carbonyl (C=O) groups is 1. The van der Waals surface area contributed by atoms with E-state index in [0.29, 0.717) is 19.0 Å². The van der Waals surface area contributed by atoms with E-state index in [1.807, 2.05) is 7.05 Å². The van der Waals surface area contributed by atoms with Crippen molar-refractivity contribution in [2.24, 2.45) is 29.4 Å². The molecule has 3 atom stereocenters. The molecule has 0 aromatic rings. The molecule has 0 saturated carbocycles. The predicted molar refractivity (Wildman–Crippen MR) is 358 cm³/mol. The number of morpholine rings is 1. The minimum absolute atomic E-state index is 0.298. The monoisotopic (exact) mass is 1160 g/mol. The second-order valence-corrected chi connectivity index (χ2v) is 21.7. The molecule has 17 heteroatoms. The Kier molecular flexibility index (Phi) is 87.2. The van der Waals surface area contributed by atoms with Crippen molar-refractivity contribution in [2.45, 2.75) is 99.8 Å². The number of nitrogens with two attached hydrogens (primary N) is 1. The third-order valence-corrected chi connectivity index (χ3v) is 13.9. The smallest absolute Gasteiger partial charge is 0.314 e. The number of primary amides is 1. The first-order valence-electron chi connectivity index (χ1n) is 29.7. The van der Waals surface area contributed by atoms with Gasteiger partial charge >= 0.3 is 6.03 Å². The van der Waals surface area contributed by atoms with Crippen LogP contribution in [-0.2, 0) is 20.7 Å². The number of hydrogen-bond acceptors (Lipinski definition) is 13. The first-order chi connectivity index (χ1) is 38.2. The van der Waals surface area contributed by atoms with E-state index >= 15 is 0 Å². The molecule has 0 aromatic carbocycles. The number of amides is 2. The van der Waals surface area contributed by atoms with Crippen LogP contribution in [0.25, 0.3) is 0 Å². The topological polar surface area (TPSA) is 143 Å². The van der Waals surface area contributed by atoms with Crippen LogP contribution in [0.3, 0.4) is 0 Å². The lowest BCUT2D eigenvalue weighted by Crippen LogP contribution is -2.49. The lowest BCUT2D eigenvalue weighted by atomic mass is 10.00. The van der Waals surface area contributed by atoms with Crippen LogP contribution < -0.4 is 11.1 Å². The van der Waals surface area contributed by atoms with Gasteiger partial charge in [0.25, 0.3) is 0 Å². The number of carbonyl (C=O) groups excluding carboxylic acids is 1. The molecule has 7 saturated heterocycles. The molecular weight excluding hydrogens is 1020 g/mol. The van der Waals surface area contributed by atoms with Crippen LogP contribution in [0.2, 0.25) is 0 Å². The van der Waals surface area contributed by atoms with E-state index in [1.165, 1.54) is 108 Å². The van der Waals surface area contributed by atoms with Gasteiger partial charge in [0.1, 0.15) is 0 Å². The van der Waals surface area contributed by atoms with E-state index in [9.17, 15) is 13.6 Å². The van der Waals surface area contributed by atoms with Crippen LogP contribution in [0.1, 0.15) is 99.8 Å². The van der Waals surface area contributed by atoms with Crippen LogP contribution >= 0.6 is 0 Å². The SMILES string of the molecule is C=C.C=C.C=C.C=C.C=C.C=C.CC1CCN(C)CC1.CC1CCN(S(=O)[O-])CC1.CC1CCNC1.CC1CCOC1.CCCCN(C)C.CCN(C)C.CCN1CCN(C)CC1.CN1CCN(C(N)=O)CC1.CN1CCOCC1. The first kappa shape index (κ1) is 93.8. The number of rotatable bonds is 6. The van der Waals surface area contributed by atoms with E-state index in [4.69, 9.17) is 15.2 Å². The summed E-state index contributed by atoms with van der Waals surface area (Å²) in [5.41, 5.74) is 5.08. The Morgan fingerprint density at radius 1 is 0.550 bits per heavy atom. The highest BCUT2D eigenvalue weighted by Gasteiger charge is 2.17. The van der Waals surface area contributed by atoms with Crippen LogP contribution in [0.5, 0.6) is 0 Å². The van der Waals surface area contributed by atoms with Crippen LogP contribution in [0.4, 0.5) is 4.79 Å². The van der Waals surface area contributed by atoms with Gasteiger partial charge in [-0.05, 0) is 171 Å². The number of hydrogen-bond donors (Lipinski definition) is 2. The summed E-state index contributed by atoms with van der Waals surface area (Å²) in [5, 5.41) is 3.27. The molecule has 3 N–H and O–H groups in total. The minimum Gasteiger partial charge on any atom is -0.760 e. The summed E-state index contributed by atoms with van der Waals surface area (Å²) in [7, 11) is 16.9. The Bertz CT molecular complexity index is 1130. The molecule has 0 spiro atoms. The van der Waals surface area contributed by atoms with Crippen molar-refractivity contribution in [3.05, 3.63) is 78.9 Å². The Morgan fingerprint density at radius 2 is 0.950 bits per heavy atom. The fourth-order valence-electron chi connectivity index (χ4n) is 7.04. The van der Waals surface area contributed by atoms with Crippen molar-refractivity contribution in [3.8, 4) is 0 Å². The Labute approximate surface area is 502 Å². The van der Waals surface area contributed by atoms with Crippen LogP contribution in [0, 0.1) is 23.7 Å². The largest absolute Gasteiger partial charge is 0.760 e. The summed E-state index contributed by atoms with van der Waals surface area (Å²) in [4.78, 5) is 28.3. The summed E-state index contributed by atoms with van der Waals surface area (Å²) in [5.74, 6) is 3.43.